The van der Waals surface area contributed by atoms with Gasteiger partial charge in [0, 0.05) is 26.3 Å². The second-order valence-electron chi connectivity index (χ2n) is 3.17. The van der Waals surface area contributed by atoms with Crippen LogP contribution in [0.1, 0.15) is 11.4 Å². The molecule has 1 heterocycles. The predicted molar refractivity (Wildman–Crippen MR) is 50.1 cm³/mol. The van der Waals surface area contributed by atoms with E-state index < -0.39 is 12.1 Å². The molecule has 1 unspecified atom stereocenters. The number of ether oxygens (including phenoxy) is 1. The zero-order valence-corrected chi connectivity index (χ0v) is 8.52. The summed E-state index contributed by atoms with van der Waals surface area (Å²) in [6.07, 6.45) is -0.516. The average molecular weight is 198 g/mol. The third-order valence-corrected chi connectivity index (χ3v) is 2.12. The minimum atomic E-state index is -0.962. The van der Waals surface area contributed by atoms with Crippen molar-refractivity contribution in [1.82, 2.24) is 9.78 Å². The normalized spacial score (nSPS) is 12.8. The number of aliphatic carboxylic acids is 1. The van der Waals surface area contributed by atoms with Gasteiger partial charge < -0.3 is 9.84 Å². The number of carboxylic acid groups (broad SMARTS) is 1. The van der Waals surface area contributed by atoms with Crippen molar-refractivity contribution in [2.45, 2.75) is 19.4 Å². The van der Waals surface area contributed by atoms with E-state index in [4.69, 9.17) is 9.84 Å². The first kappa shape index (κ1) is 10.7. The molecule has 1 N–H and O–H groups in total. The Morgan fingerprint density at radius 1 is 1.79 bits per heavy atom. The first-order chi connectivity index (χ1) is 6.54. The average Bonchev–Trinajstić information content (AvgIpc) is 2.41. The van der Waals surface area contributed by atoms with Gasteiger partial charge in [-0.05, 0) is 13.0 Å². The third kappa shape index (κ3) is 2.32. The monoisotopic (exact) mass is 198 g/mol. The highest BCUT2D eigenvalue weighted by molar-refractivity contribution is 5.72. The molecule has 1 aromatic rings. The van der Waals surface area contributed by atoms with Crippen molar-refractivity contribution < 1.29 is 14.6 Å². The van der Waals surface area contributed by atoms with Crippen LogP contribution in [0.5, 0.6) is 0 Å². The summed E-state index contributed by atoms with van der Waals surface area (Å²) < 4.78 is 6.53. The Kier molecular flexibility index (Phi) is 3.24. The molecule has 0 amide bonds. The lowest BCUT2D eigenvalue weighted by atomic mass is 10.2. The molecule has 78 valence electrons. The van der Waals surface area contributed by atoms with Crippen LogP contribution in [0, 0.1) is 6.92 Å². The van der Waals surface area contributed by atoms with Crippen molar-refractivity contribution >= 4 is 5.97 Å². The van der Waals surface area contributed by atoms with E-state index in [2.05, 4.69) is 5.10 Å². The van der Waals surface area contributed by atoms with Gasteiger partial charge in [-0.25, -0.2) is 4.79 Å². The van der Waals surface area contributed by atoms with E-state index in [0.29, 0.717) is 6.42 Å². The van der Waals surface area contributed by atoms with E-state index >= 15 is 0 Å². The lowest BCUT2D eigenvalue weighted by Gasteiger charge is -2.07. The fourth-order valence-electron chi connectivity index (χ4n) is 1.20. The van der Waals surface area contributed by atoms with Crippen LogP contribution in [0.25, 0.3) is 0 Å². The number of carboxylic acids is 1. The maximum atomic E-state index is 10.7. The molecule has 0 saturated heterocycles. The summed E-state index contributed by atoms with van der Waals surface area (Å²) in [6, 6.07) is 1.86. The number of hydrogen-bond acceptors (Lipinski definition) is 3. The molecule has 0 aromatic carbocycles. The van der Waals surface area contributed by atoms with Crippen LogP contribution in [0.3, 0.4) is 0 Å². The first-order valence-electron chi connectivity index (χ1n) is 4.29. The second kappa shape index (κ2) is 4.23. The van der Waals surface area contributed by atoms with Crippen LogP contribution in [0.2, 0.25) is 0 Å². The lowest BCUT2D eigenvalue weighted by Crippen LogP contribution is -2.25. The number of aryl methyl sites for hydroxylation is 2. The number of hydrogen-bond donors (Lipinski definition) is 1. The maximum Gasteiger partial charge on any atom is 0.333 e. The van der Waals surface area contributed by atoms with Gasteiger partial charge in [0.05, 0.1) is 5.69 Å². The van der Waals surface area contributed by atoms with Crippen molar-refractivity contribution in [3.8, 4) is 0 Å². The largest absolute Gasteiger partial charge is 0.479 e. The number of rotatable bonds is 4. The molecular weight excluding hydrogens is 184 g/mol. The van der Waals surface area contributed by atoms with E-state index in [-0.39, 0.29) is 0 Å². The van der Waals surface area contributed by atoms with Gasteiger partial charge in [-0.2, -0.15) is 5.10 Å². The summed E-state index contributed by atoms with van der Waals surface area (Å²) in [5.41, 5.74) is 1.74. The predicted octanol–water partition coefficient (Wildman–Crippen LogP) is 0.371. The SMILES string of the molecule is COC(Cc1cc(C)n(C)n1)C(=O)O. The van der Waals surface area contributed by atoms with Gasteiger partial charge in [-0.15, -0.1) is 0 Å². The van der Waals surface area contributed by atoms with Crippen LogP contribution in [-0.2, 0) is 23.0 Å². The van der Waals surface area contributed by atoms with Crippen LogP contribution < -0.4 is 0 Å². The summed E-state index contributed by atoms with van der Waals surface area (Å²) in [5, 5.41) is 12.9. The molecule has 0 aliphatic rings. The first-order valence-corrected chi connectivity index (χ1v) is 4.29. The smallest absolute Gasteiger partial charge is 0.333 e. The van der Waals surface area contributed by atoms with Crippen molar-refractivity contribution in [1.29, 1.82) is 0 Å². The Balaban J connectivity index is 2.72. The molecular formula is C9H14N2O3. The molecule has 14 heavy (non-hydrogen) atoms. The van der Waals surface area contributed by atoms with Gasteiger partial charge in [-0.1, -0.05) is 0 Å². The molecule has 0 bridgehead atoms. The Bertz CT molecular complexity index is 313. The molecule has 0 fully saturated rings. The van der Waals surface area contributed by atoms with Gasteiger partial charge in [0.2, 0.25) is 0 Å². The van der Waals surface area contributed by atoms with Gasteiger partial charge in [-0.3, -0.25) is 4.68 Å². The van der Waals surface area contributed by atoms with Gasteiger partial charge >= 0.3 is 5.97 Å². The zero-order valence-electron chi connectivity index (χ0n) is 8.52. The standard InChI is InChI=1S/C9H14N2O3/c1-6-4-7(10-11(6)2)5-8(14-3)9(12)13/h4,8H,5H2,1-3H3,(H,12,13). The highest BCUT2D eigenvalue weighted by atomic mass is 16.5. The summed E-state index contributed by atoms with van der Waals surface area (Å²) in [4.78, 5) is 10.7. The summed E-state index contributed by atoms with van der Waals surface area (Å²) in [6.45, 7) is 1.92. The lowest BCUT2D eigenvalue weighted by molar-refractivity contribution is -0.148. The molecule has 1 rings (SSSR count). The van der Waals surface area contributed by atoms with Crippen LogP contribution in [0.15, 0.2) is 6.07 Å². The minimum Gasteiger partial charge on any atom is -0.479 e. The highest BCUT2D eigenvalue weighted by Gasteiger charge is 2.18. The highest BCUT2D eigenvalue weighted by Crippen LogP contribution is 2.06. The van der Waals surface area contributed by atoms with Crippen molar-refractivity contribution in [3.05, 3.63) is 17.5 Å². The quantitative estimate of drug-likeness (QED) is 0.759. The number of nitrogens with zero attached hydrogens (tertiary/aromatic N) is 2. The fourth-order valence-corrected chi connectivity index (χ4v) is 1.20. The number of methoxy groups -OCH3 is 1. The molecule has 0 radical (unpaired) electrons. The zero-order chi connectivity index (χ0) is 10.7. The van der Waals surface area contributed by atoms with Gasteiger partial charge in [0.25, 0.3) is 0 Å². The summed E-state index contributed by atoms with van der Waals surface area (Å²) in [7, 11) is 3.20. The second-order valence-corrected chi connectivity index (χ2v) is 3.17. The van der Waals surface area contributed by atoms with Crippen molar-refractivity contribution in [2.24, 2.45) is 7.05 Å². The minimum absolute atomic E-state index is 0.299. The summed E-state index contributed by atoms with van der Waals surface area (Å²) >= 11 is 0. The number of aromatic nitrogens is 2. The molecule has 5 heteroatoms. The van der Waals surface area contributed by atoms with Crippen LogP contribution in [-0.4, -0.2) is 34.1 Å². The van der Waals surface area contributed by atoms with Gasteiger partial charge in [0.15, 0.2) is 6.10 Å². The molecule has 0 aliphatic carbocycles. The Morgan fingerprint density at radius 2 is 2.43 bits per heavy atom. The topological polar surface area (TPSA) is 64.4 Å². The number of carbonyl (C=O) groups is 1. The van der Waals surface area contributed by atoms with Crippen LogP contribution in [0.4, 0.5) is 0 Å². The summed E-state index contributed by atoms with van der Waals surface area (Å²) in [5.74, 6) is -0.962. The molecule has 0 saturated carbocycles. The van der Waals surface area contributed by atoms with E-state index in [0.717, 1.165) is 11.4 Å². The molecule has 0 aliphatic heterocycles. The van der Waals surface area contributed by atoms with Crippen molar-refractivity contribution in [3.63, 3.8) is 0 Å². The Labute approximate surface area is 82.3 Å². The van der Waals surface area contributed by atoms with E-state index in [1.165, 1.54) is 7.11 Å². The Hall–Kier alpha value is -1.36. The van der Waals surface area contributed by atoms with Crippen LogP contribution >= 0.6 is 0 Å². The third-order valence-electron chi connectivity index (χ3n) is 2.12. The van der Waals surface area contributed by atoms with E-state index in [1.807, 2.05) is 20.0 Å². The molecule has 0 spiro atoms. The molecule has 1 aromatic heterocycles. The van der Waals surface area contributed by atoms with Crippen molar-refractivity contribution in [2.75, 3.05) is 7.11 Å². The van der Waals surface area contributed by atoms with Gasteiger partial charge in [0.1, 0.15) is 0 Å². The molecule has 1 atom stereocenters. The molecule has 5 nitrogen and oxygen atoms in total. The fraction of sp³-hybridized carbons (Fsp3) is 0.556. The van der Waals surface area contributed by atoms with E-state index in [1.54, 1.807) is 4.68 Å². The maximum absolute atomic E-state index is 10.7. The van der Waals surface area contributed by atoms with E-state index in [9.17, 15) is 4.79 Å². The Morgan fingerprint density at radius 3 is 2.79 bits per heavy atom.